The predicted molar refractivity (Wildman–Crippen MR) is 83.0 cm³/mol. The van der Waals surface area contributed by atoms with Crippen molar-refractivity contribution in [3.8, 4) is 5.75 Å². The molecule has 0 amide bonds. The first-order chi connectivity index (χ1) is 10.6. The van der Waals surface area contributed by atoms with Crippen molar-refractivity contribution < 1.29 is 13.5 Å². The minimum Gasteiger partial charge on any atom is -0.486 e. The number of fused-ring (bicyclic) bond motifs is 1. The number of benzene rings is 2. The molecule has 2 nitrogen and oxygen atoms in total. The number of ether oxygens (including phenoxy) is 1. The average molecular weight is 301 g/mol. The van der Waals surface area contributed by atoms with Gasteiger partial charge in [-0.15, -0.1) is 0 Å². The van der Waals surface area contributed by atoms with E-state index in [4.69, 9.17) is 4.74 Å². The first-order valence-corrected chi connectivity index (χ1v) is 7.22. The molecule has 22 heavy (non-hydrogen) atoms. The molecule has 114 valence electrons. The fraction of sp³-hybridized carbons (Fsp3) is 0.222. The van der Waals surface area contributed by atoms with Crippen LogP contribution in [-0.4, -0.2) is 4.57 Å². The van der Waals surface area contributed by atoms with Crippen molar-refractivity contribution in [3.05, 3.63) is 65.9 Å². The van der Waals surface area contributed by atoms with E-state index < -0.39 is 0 Å². The second-order valence-corrected chi connectivity index (χ2v) is 5.54. The maximum absolute atomic E-state index is 13.6. The molecule has 0 radical (unpaired) electrons. The first-order valence-electron chi connectivity index (χ1n) is 7.22. The molecule has 0 N–H and O–H groups in total. The van der Waals surface area contributed by atoms with Crippen LogP contribution in [0.2, 0.25) is 0 Å². The van der Waals surface area contributed by atoms with Gasteiger partial charge in [0, 0.05) is 23.2 Å². The van der Waals surface area contributed by atoms with Crippen molar-refractivity contribution in [2.45, 2.75) is 26.5 Å². The zero-order chi connectivity index (χ0) is 15.7. The molecule has 0 aliphatic heterocycles. The van der Waals surface area contributed by atoms with Gasteiger partial charge in [0.1, 0.15) is 12.4 Å². The predicted octanol–water partition coefficient (Wildman–Crippen LogP) is 5.08. The molecule has 0 atom stereocenters. The Kier molecular flexibility index (Phi) is 3.84. The Morgan fingerprint density at radius 1 is 1.09 bits per heavy atom. The molecule has 0 saturated carbocycles. The van der Waals surface area contributed by atoms with E-state index in [0.29, 0.717) is 0 Å². The summed E-state index contributed by atoms with van der Waals surface area (Å²) in [5.74, 6) is -0.440. The van der Waals surface area contributed by atoms with E-state index in [-0.39, 0.29) is 30.0 Å². The lowest BCUT2D eigenvalue weighted by Crippen LogP contribution is -1.99. The summed E-state index contributed by atoms with van der Waals surface area (Å²) in [5, 5.41) is 0.923. The van der Waals surface area contributed by atoms with E-state index in [2.05, 4.69) is 0 Å². The number of para-hydroxylation sites is 1. The normalized spacial score (nSPS) is 11.3. The van der Waals surface area contributed by atoms with Gasteiger partial charge in [-0.1, -0.05) is 12.1 Å². The lowest BCUT2D eigenvalue weighted by atomic mass is 10.2. The maximum atomic E-state index is 13.6. The van der Waals surface area contributed by atoms with Crippen molar-refractivity contribution in [1.82, 2.24) is 4.57 Å². The van der Waals surface area contributed by atoms with Crippen LogP contribution in [0.1, 0.15) is 25.5 Å². The Labute approximate surface area is 127 Å². The highest BCUT2D eigenvalue weighted by Crippen LogP contribution is 2.27. The van der Waals surface area contributed by atoms with Gasteiger partial charge in [-0.25, -0.2) is 8.78 Å². The van der Waals surface area contributed by atoms with E-state index in [1.54, 1.807) is 24.3 Å². The summed E-state index contributed by atoms with van der Waals surface area (Å²) in [6.07, 6.45) is 1.94. The van der Waals surface area contributed by atoms with E-state index in [0.717, 1.165) is 16.5 Å². The first kappa shape index (κ1) is 14.6. The molecule has 2 aromatic carbocycles. The summed E-state index contributed by atoms with van der Waals surface area (Å²) in [5.41, 5.74) is 1.73. The number of hydrogen-bond acceptors (Lipinski definition) is 1. The molecule has 0 unspecified atom stereocenters. The summed E-state index contributed by atoms with van der Waals surface area (Å²) in [7, 11) is 0. The zero-order valence-corrected chi connectivity index (χ0v) is 12.5. The molecule has 1 heterocycles. The molecule has 3 rings (SSSR count). The third-order valence-electron chi connectivity index (χ3n) is 3.65. The Morgan fingerprint density at radius 2 is 1.86 bits per heavy atom. The van der Waals surface area contributed by atoms with Crippen LogP contribution < -0.4 is 4.74 Å². The smallest absolute Gasteiger partial charge is 0.165 e. The van der Waals surface area contributed by atoms with Crippen LogP contribution in [0.4, 0.5) is 8.78 Å². The van der Waals surface area contributed by atoms with Crippen LogP contribution in [0, 0.1) is 11.6 Å². The van der Waals surface area contributed by atoms with Crippen LogP contribution >= 0.6 is 0 Å². The summed E-state index contributed by atoms with van der Waals surface area (Å²) in [6.45, 7) is 4.31. The molecule has 0 fully saturated rings. The van der Waals surface area contributed by atoms with Crippen LogP contribution in [0.15, 0.2) is 48.7 Å². The third-order valence-corrected chi connectivity index (χ3v) is 3.65. The van der Waals surface area contributed by atoms with Crippen molar-refractivity contribution in [3.63, 3.8) is 0 Å². The second kappa shape index (κ2) is 5.79. The molecule has 0 aliphatic rings. The van der Waals surface area contributed by atoms with Crippen molar-refractivity contribution in [2.24, 2.45) is 0 Å². The number of halogens is 2. The topological polar surface area (TPSA) is 14.2 Å². The number of aromatic nitrogens is 1. The van der Waals surface area contributed by atoms with Crippen molar-refractivity contribution in [2.75, 3.05) is 0 Å². The van der Waals surface area contributed by atoms with Crippen LogP contribution in [0.3, 0.4) is 0 Å². The Bertz CT molecular complexity index is 808. The summed E-state index contributed by atoms with van der Waals surface area (Å²) >= 11 is 0. The highest BCUT2D eigenvalue weighted by molar-refractivity contribution is 5.84. The quantitative estimate of drug-likeness (QED) is 0.655. The molecular formula is C18H17F2NO. The van der Waals surface area contributed by atoms with Gasteiger partial charge in [-0.3, -0.25) is 0 Å². The minimum atomic E-state index is -0.388. The molecule has 4 heteroatoms. The Morgan fingerprint density at radius 3 is 2.59 bits per heavy atom. The summed E-state index contributed by atoms with van der Waals surface area (Å²) in [4.78, 5) is 0. The Balaban J connectivity index is 1.96. The lowest BCUT2D eigenvalue weighted by molar-refractivity contribution is 0.291. The highest BCUT2D eigenvalue weighted by Gasteiger charge is 2.12. The second-order valence-electron chi connectivity index (χ2n) is 5.54. The molecule has 3 aromatic rings. The molecule has 0 saturated heterocycles. The summed E-state index contributed by atoms with van der Waals surface area (Å²) in [6, 6.07) is 11.2. The van der Waals surface area contributed by atoms with E-state index in [1.165, 1.54) is 18.2 Å². The van der Waals surface area contributed by atoms with Gasteiger partial charge in [0.25, 0.3) is 0 Å². The van der Waals surface area contributed by atoms with Crippen LogP contribution in [0.25, 0.3) is 10.9 Å². The van der Waals surface area contributed by atoms with E-state index in [1.807, 2.05) is 24.6 Å². The molecule has 0 bridgehead atoms. The largest absolute Gasteiger partial charge is 0.486 e. The van der Waals surface area contributed by atoms with Crippen molar-refractivity contribution >= 4 is 10.9 Å². The van der Waals surface area contributed by atoms with Gasteiger partial charge in [-0.05, 0) is 44.2 Å². The van der Waals surface area contributed by atoms with Gasteiger partial charge >= 0.3 is 0 Å². The van der Waals surface area contributed by atoms with Gasteiger partial charge in [0.2, 0.25) is 0 Å². The van der Waals surface area contributed by atoms with E-state index in [9.17, 15) is 8.78 Å². The fourth-order valence-corrected chi connectivity index (χ4v) is 2.56. The van der Waals surface area contributed by atoms with Crippen LogP contribution in [0.5, 0.6) is 5.75 Å². The highest BCUT2D eigenvalue weighted by atomic mass is 19.1. The van der Waals surface area contributed by atoms with Gasteiger partial charge in [-0.2, -0.15) is 0 Å². The zero-order valence-electron chi connectivity index (χ0n) is 12.5. The molecule has 1 aromatic heterocycles. The molecular weight excluding hydrogens is 284 g/mol. The lowest BCUT2D eigenvalue weighted by Gasteiger charge is -2.08. The summed E-state index contributed by atoms with van der Waals surface area (Å²) < 4.78 is 34.7. The fourth-order valence-electron chi connectivity index (χ4n) is 2.56. The monoisotopic (exact) mass is 301 g/mol. The molecule has 0 aliphatic carbocycles. The van der Waals surface area contributed by atoms with Gasteiger partial charge in [0.15, 0.2) is 11.6 Å². The average Bonchev–Trinajstić information content (AvgIpc) is 2.84. The SMILES string of the molecule is CC(C)n1cc(COc2ccccc2F)c2ccc(F)cc21. The van der Waals surface area contributed by atoms with Crippen molar-refractivity contribution in [1.29, 1.82) is 0 Å². The van der Waals surface area contributed by atoms with Gasteiger partial charge in [0.05, 0.1) is 5.52 Å². The Hall–Kier alpha value is -2.36. The number of rotatable bonds is 4. The van der Waals surface area contributed by atoms with E-state index >= 15 is 0 Å². The number of hydrogen-bond donors (Lipinski definition) is 0. The maximum Gasteiger partial charge on any atom is 0.165 e. The number of nitrogens with zero attached hydrogens (tertiary/aromatic N) is 1. The minimum absolute atomic E-state index is 0.200. The third kappa shape index (κ3) is 2.69. The molecule has 0 spiro atoms. The standard InChI is InChI=1S/C18H17F2NO/c1-12(2)21-10-13(15-8-7-14(19)9-17(15)21)11-22-18-6-4-3-5-16(18)20/h3-10,12H,11H2,1-2H3. The van der Waals surface area contributed by atoms with Crippen LogP contribution in [-0.2, 0) is 6.61 Å². The van der Waals surface area contributed by atoms with Gasteiger partial charge < -0.3 is 9.30 Å².